The van der Waals surface area contributed by atoms with Crippen LogP contribution in [0.25, 0.3) is 0 Å². The molecule has 4 nitrogen and oxygen atoms in total. The number of hydrogen-bond donors (Lipinski definition) is 1. The number of nitrogens with zero attached hydrogens (tertiary/aromatic N) is 1. The SMILES string of the molecule is CCOC(=O)CN(Cc1ccccc1)CC(Cc1ccc(O)cc1Cl)c1ccc(Cl)cc1. The lowest BCUT2D eigenvalue weighted by molar-refractivity contribution is -0.144. The number of benzene rings is 3. The summed E-state index contributed by atoms with van der Waals surface area (Å²) in [6.45, 7) is 3.58. The summed E-state index contributed by atoms with van der Waals surface area (Å²) >= 11 is 12.5. The van der Waals surface area contributed by atoms with Gasteiger partial charge in [-0.3, -0.25) is 9.69 Å². The summed E-state index contributed by atoms with van der Waals surface area (Å²) in [4.78, 5) is 14.4. The number of carbonyl (C=O) groups is 1. The molecule has 0 radical (unpaired) electrons. The first-order chi connectivity index (χ1) is 15.4. The Morgan fingerprint density at radius 1 is 1.03 bits per heavy atom. The fraction of sp³-hybridized carbons (Fsp3) is 0.269. The van der Waals surface area contributed by atoms with Crippen LogP contribution in [0, 0.1) is 0 Å². The summed E-state index contributed by atoms with van der Waals surface area (Å²) in [5.74, 6) is -0.0665. The van der Waals surface area contributed by atoms with Crippen molar-refractivity contribution in [1.29, 1.82) is 0 Å². The standard InChI is InChI=1S/C26H27Cl2NO3/c1-2-32-26(31)18-29(16-19-6-4-3-5-7-19)17-22(20-8-11-23(27)12-9-20)14-21-10-13-24(30)15-25(21)28/h3-13,15,22,30H,2,14,16-18H2,1H3. The quantitative estimate of drug-likeness (QED) is 0.363. The molecule has 3 rings (SSSR count). The van der Waals surface area contributed by atoms with Crippen LogP contribution in [0.5, 0.6) is 5.75 Å². The molecule has 0 heterocycles. The predicted molar refractivity (Wildman–Crippen MR) is 129 cm³/mol. The highest BCUT2D eigenvalue weighted by molar-refractivity contribution is 6.31. The molecule has 0 spiro atoms. The molecule has 1 atom stereocenters. The summed E-state index contributed by atoms with van der Waals surface area (Å²) < 4.78 is 5.22. The van der Waals surface area contributed by atoms with Gasteiger partial charge in [-0.1, -0.05) is 71.7 Å². The molecule has 32 heavy (non-hydrogen) atoms. The number of esters is 1. The average molecular weight is 472 g/mol. The van der Waals surface area contributed by atoms with Gasteiger partial charge in [-0.2, -0.15) is 0 Å². The van der Waals surface area contributed by atoms with Crippen LogP contribution in [-0.2, 0) is 22.5 Å². The van der Waals surface area contributed by atoms with E-state index >= 15 is 0 Å². The van der Waals surface area contributed by atoms with Gasteiger partial charge in [0.25, 0.3) is 0 Å². The van der Waals surface area contributed by atoms with Crippen LogP contribution >= 0.6 is 23.2 Å². The van der Waals surface area contributed by atoms with Crippen LogP contribution in [0.1, 0.15) is 29.5 Å². The minimum atomic E-state index is -0.249. The molecule has 1 unspecified atom stereocenters. The van der Waals surface area contributed by atoms with Crippen molar-refractivity contribution in [2.24, 2.45) is 0 Å². The third kappa shape index (κ3) is 7.27. The maximum atomic E-state index is 12.3. The Bertz CT molecular complexity index is 1010. The first kappa shape index (κ1) is 24.1. The zero-order valence-corrected chi connectivity index (χ0v) is 19.5. The van der Waals surface area contributed by atoms with E-state index in [1.165, 1.54) is 0 Å². The predicted octanol–water partition coefficient (Wildman–Crippen LogP) is 6.09. The molecule has 6 heteroatoms. The monoisotopic (exact) mass is 471 g/mol. The average Bonchev–Trinajstić information content (AvgIpc) is 2.76. The first-order valence-electron chi connectivity index (χ1n) is 10.6. The van der Waals surface area contributed by atoms with Crippen LogP contribution in [0.15, 0.2) is 72.8 Å². The molecule has 0 aliphatic carbocycles. The van der Waals surface area contributed by atoms with Crippen molar-refractivity contribution in [3.63, 3.8) is 0 Å². The Morgan fingerprint density at radius 2 is 1.75 bits per heavy atom. The zero-order valence-electron chi connectivity index (χ0n) is 18.0. The van der Waals surface area contributed by atoms with Gasteiger partial charge in [-0.15, -0.1) is 0 Å². The molecule has 0 fully saturated rings. The molecule has 0 aromatic heterocycles. The number of halogens is 2. The van der Waals surface area contributed by atoms with Crippen LogP contribution in [-0.4, -0.2) is 35.7 Å². The van der Waals surface area contributed by atoms with E-state index in [1.807, 2.05) is 67.6 Å². The second-order valence-electron chi connectivity index (χ2n) is 7.69. The lowest BCUT2D eigenvalue weighted by atomic mass is 9.91. The Kier molecular flexibility index (Phi) is 8.98. The Morgan fingerprint density at radius 3 is 2.41 bits per heavy atom. The van der Waals surface area contributed by atoms with Gasteiger partial charge < -0.3 is 9.84 Å². The molecule has 0 aliphatic heterocycles. The normalized spacial score (nSPS) is 12.0. The van der Waals surface area contributed by atoms with Gasteiger partial charge >= 0.3 is 5.97 Å². The largest absolute Gasteiger partial charge is 0.508 e. The summed E-state index contributed by atoms with van der Waals surface area (Å²) in [6, 6.07) is 22.8. The van der Waals surface area contributed by atoms with Crippen LogP contribution in [0.3, 0.4) is 0 Å². The van der Waals surface area contributed by atoms with Gasteiger partial charge in [-0.05, 0) is 54.3 Å². The van der Waals surface area contributed by atoms with E-state index in [4.69, 9.17) is 27.9 Å². The molecule has 0 aliphatic rings. The molecule has 0 saturated carbocycles. The van der Waals surface area contributed by atoms with E-state index in [0.717, 1.165) is 16.7 Å². The topological polar surface area (TPSA) is 49.8 Å². The minimum Gasteiger partial charge on any atom is -0.508 e. The fourth-order valence-corrected chi connectivity index (χ4v) is 4.10. The zero-order chi connectivity index (χ0) is 22.9. The highest BCUT2D eigenvalue weighted by Crippen LogP contribution is 2.29. The number of carbonyl (C=O) groups excluding carboxylic acids is 1. The van der Waals surface area contributed by atoms with Crippen LogP contribution in [0.4, 0.5) is 0 Å². The summed E-state index contributed by atoms with van der Waals surface area (Å²) in [6.07, 6.45) is 0.648. The number of phenolic OH excluding ortho intramolecular Hbond substituents is 1. The van der Waals surface area contributed by atoms with Crippen molar-refractivity contribution >= 4 is 29.2 Å². The number of ether oxygens (including phenoxy) is 1. The maximum absolute atomic E-state index is 12.3. The maximum Gasteiger partial charge on any atom is 0.320 e. The lowest BCUT2D eigenvalue weighted by Gasteiger charge is -2.28. The van der Waals surface area contributed by atoms with E-state index in [9.17, 15) is 9.90 Å². The van der Waals surface area contributed by atoms with Crippen molar-refractivity contribution in [3.8, 4) is 5.75 Å². The number of aromatic hydroxyl groups is 1. The highest BCUT2D eigenvalue weighted by Gasteiger charge is 2.21. The number of rotatable bonds is 10. The number of hydrogen-bond acceptors (Lipinski definition) is 4. The van der Waals surface area contributed by atoms with Gasteiger partial charge in [0.2, 0.25) is 0 Å². The molecule has 3 aromatic carbocycles. The summed E-state index contributed by atoms with van der Waals surface area (Å²) in [5.41, 5.74) is 3.15. The van der Waals surface area contributed by atoms with Crippen molar-refractivity contribution in [2.45, 2.75) is 25.8 Å². The Hall–Kier alpha value is -2.53. The second kappa shape index (κ2) is 11.9. The fourth-order valence-electron chi connectivity index (χ4n) is 3.72. The summed E-state index contributed by atoms with van der Waals surface area (Å²) in [7, 11) is 0. The molecule has 168 valence electrons. The van der Waals surface area contributed by atoms with Gasteiger partial charge in [0, 0.05) is 29.1 Å². The lowest BCUT2D eigenvalue weighted by Crippen LogP contribution is -2.34. The van der Waals surface area contributed by atoms with E-state index < -0.39 is 0 Å². The van der Waals surface area contributed by atoms with Gasteiger partial charge in [-0.25, -0.2) is 0 Å². The van der Waals surface area contributed by atoms with Crippen molar-refractivity contribution < 1.29 is 14.6 Å². The molecule has 1 N–H and O–H groups in total. The van der Waals surface area contributed by atoms with Crippen LogP contribution < -0.4 is 0 Å². The molecule has 0 saturated heterocycles. The van der Waals surface area contributed by atoms with Crippen LogP contribution in [0.2, 0.25) is 10.0 Å². The van der Waals surface area contributed by atoms with E-state index in [-0.39, 0.29) is 24.2 Å². The Labute approximate surface area is 199 Å². The van der Waals surface area contributed by atoms with Crippen molar-refractivity contribution in [2.75, 3.05) is 19.7 Å². The first-order valence-corrected chi connectivity index (χ1v) is 11.3. The summed E-state index contributed by atoms with van der Waals surface area (Å²) in [5, 5.41) is 10.9. The van der Waals surface area contributed by atoms with E-state index in [0.29, 0.717) is 36.2 Å². The molecule has 0 amide bonds. The van der Waals surface area contributed by atoms with Crippen molar-refractivity contribution in [1.82, 2.24) is 4.90 Å². The molecule has 3 aromatic rings. The smallest absolute Gasteiger partial charge is 0.320 e. The van der Waals surface area contributed by atoms with Gasteiger partial charge in [0.1, 0.15) is 5.75 Å². The number of phenols is 1. The third-order valence-corrected chi connectivity index (χ3v) is 5.83. The molecular weight excluding hydrogens is 445 g/mol. The second-order valence-corrected chi connectivity index (χ2v) is 8.53. The molecule has 0 bridgehead atoms. The minimum absolute atomic E-state index is 0.0486. The van der Waals surface area contributed by atoms with E-state index in [1.54, 1.807) is 12.1 Å². The van der Waals surface area contributed by atoms with Gasteiger partial charge in [0.15, 0.2) is 0 Å². The van der Waals surface area contributed by atoms with Gasteiger partial charge in [0.05, 0.1) is 13.2 Å². The van der Waals surface area contributed by atoms with E-state index in [2.05, 4.69) is 4.90 Å². The third-order valence-electron chi connectivity index (χ3n) is 5.23. The highest BCUT2D eigenvalue weighted by atomic mass is 35.5. The van der Waals surface area contributed by atoms with Crippen molar-refractivity contribution in [3.05, 3.63) is 99.5 Å². The molecular formula is C26H27Cl2NO3. The Balaban J connectivity index is 1.88.